The third kappa shape index (κ3) is 3.90. The van der Waals surface area contributed by atoms with Crippen molar-refractivity contribution in [2.75, 3.05) is 7.11 Å². The fourth-order valence-electron chi connectivity index (χ4n) is 2.35. The molecule has 0 radical (unpaired) electrons. The second-order valence-corrected chi connectivity index (χ2v) is 6.22. The van der Waals surface area contributed by atoms with Crippen LogP contribution in [0.15, 0.2) is 41.0 Å². The van der Waals surface area contributed by atoms with Crippen LogP contribution in [0.2, 0.25) is 0 Å². The van der Waals surface area contributed by atoms with E-state index in [1.807, 2.05) is 42.1 Å². The van der Waals surface area contributed by atoms with Crippen LogP contribution in [0.25, 0.3) is 11.3 Å². The molecule has 0 spiro atoms. The molecule has 0 aliphatic heterocycles. The summed E-state index contributed by atoms with van der Waals surface area (Å²) in [5.74, 6) is 0.502. The summed E-state index contributed by atoms with van der Waals surface area (Å²) in [7, 11) is 1.61. The number of aromatic nitrogens is 4. The van der Waals surface area contributed by atoms with Gasteiger partial charge in [0.05, 0.1) is 29.5 Å². The van der Waals surface area contributed by atoms with Gasteiger partial charge in [-0.05, 0) is 41.1 Å². The zero-order valence-corrected chi connectivity index (χ0v) is 15.5. The Morgan fingerprint density at radius 1 is 1.40 bits per heavy atom. The SMILES string of the molecule is CCn1cc(Br)c(CNC(=O)c2cc(-c3cccc(OC)c3)n[nH]2)n1. The Kier molecular flexibility index (Phi) is 5.18. The van der Waals surface area contributed by atoms with E-state index in [1.165, 1.54) is 0 Å². The molecule has 130 valence electrons. The van der Waals surface area contributed by atoms with Gasteiger partial charge in [0.15, 0.2) is 0 Å². The molecule has 0 saturated carbocycles. The number of hydrogen-bond donors (Lipinski definition) is 2. The molecule has 1 amide bonds. The summed E-state index contributed by atoms with van der Waals surface area (Å²) in [6.07, 6.45) is 1.89. The van der Waals surface area contributed by atoms with Crippen molar-refractivity contribution in [1.29, 1.82) is 0 Å². The largest absolute Gasteiger partial charge is 0.497 e. The van der Waals surface area contributed by atoms with E-state index >= 15 is 0 Å². The number of benzene rings is 1. The van der Waals surface area contributed by atoms with Crippen LogP contribution >= 0.6 is 15.9 Å². The number of carbonyl (C=O) groups is 1. The van der Waals surface area contributed by atoms with Gasteiger partial charge in [-0.25, -0.2) is 0 Å². The Bertz CT molecular complexity index is 887. The van der Waals surface area contributed by atoms with E-state index in [2.05, 4.69) is 36.5 Å². The zero-order chi connectivity index (χ0) is 17.8. The molecule has 0 aliphatic rings. The standard InChI is InChI=1S/C17H18BrN5O2/c1-3-23-10-13(18)16(22-23)9-19-17(24)15-8-14(20-21-15)11-5-4-6-12(7-11)25-2/h4-8,10H,3,9H2,1-2H3,(H,19,24)(H,20,21). The predicted octanol–water partition coefficient (Wildman–Crippen LogP) is 2.99. The number of aromatic amines is 1. The van der Waals surface area contributed by atoms with Gasteiger partial charge in [-0.15, -0.1) is 0 Å². The number of methoxy groups -OCH3 is 1. The van der Waals surface area contributed by atoms with Gasteiger partial charge in [-0.3, -0.25) is 14.6 Å². The molecule has 0 unspecified atom stereocenters. The minimum Gasteiger partial charge on any atom is -0.497 e. The van der Waals surface area contributed by atoms with Crippen molar-refractivity contribution >= 4 is 21.8 Å². The monoisotopic (exact) mass is 403 g/mol. The first-order chi connectivity index (χ1) is 12.1. The molecule has 0 bridgehead atoms. The average Bonchev–Trinajstić information content (AvgIpc) is 3.26. The highest BCUT2D eigenvalue weighted by Gasteiger charge is 2.13. The van der Waals surface area contributed by atoms with Crippen molar-refractivity contribution in [2.45, 2.75) is 20.0 Å². The molecule has 0 fully saturated rings. The van der Waals surface area contributed by atoms with E-state index in [4.69, 9.17) is 4.74 Å². The number of nitrogens with one attached hydrogen (secondary N) is 2. The van der Waals surface area contributed by atoms with Crippen molar-refractivity contribution in [1.82, 2.24) is 25.3 Å². The maximum absolute atomic E-state index is 12.3. The lowest BCUT2D eigenvalue weighted by Crippen LogP contribution is -2.23. The molecule has 2 aromatic heterocycles. The maximum Gasteiger partial charge on any atom is 0.269 e. The van der Waals surface area contributed by atoms with E-state index in [0.717, 1.165) is 28.0 Å². The fraction of sp³-hybridized carbons (Fsp3) is 0.235. The van der Waals surface area contributed by atoms with Gasteiger partial charge < -0.3 is 10.1 Å². The molecular weight excluding hydrogens is 386 g/mol. The number of ether oxygens (including phenoxy) is 1. The molecule has 1 aromatic carbocycles. The zero-order valence-electron chi connectivity index (χ0n) is 13.9. The van der Waals surface area contributed by atoms with Crippen LogP contribution in [0, 0.1) is 0 Å². The number of amides is 1. The Labute approximate surface area is 153 Å². The van der Waals surface area contributed by atoms with Crippen LogP contribution in [0.4, 0.5) is 0 Å². The highest BCUT2D eigenvalue weighted by Crippen LogP contribution is 2.22. The minimum absolute atomic E-state index is 0.236. The maximum atomic E-state index is 12.3. The van der Waals surface area contributed by atoms with E-state index in [-0.39, 0.29) is 5.91 Å². The third-order valence-electron chi connectivity index (χ3n) is 3.72. The van der Waals surface area contributed by atoms with Crippen LogP contribution in [0.5, 0.6) is 5.75 Å². The van der Waals surface area contributed by atoms with Crippen molar-refractivity contribution in [2.24, 2.45) is 0 Å². The summed E-state index contributed by atoms with van der Waals surface area (Å²) in [6.45, 7) is 3.11. The Morgan fingerprint density at radius 3 is 2.96 bits per heavy atom. The summed E-state index contributed by atoms with van der Waals surface area (Å²) in [4.78, 5) is 12.3. The average molecular weight is 404 g/mol. The van der Waals surface area contributed by atoms with Gasteiger partial charge in [-0.2, -0.15) is 10.2 Å². The number of H-pyrrole nitrogens is 1. The van der Waals surface area contributed by atoms with Crippen LogP contribution in [-0.2, 0) is 13.1 Å². The van der Waals surface area contributed by atoms with Gasteiger partial charge in [0.1, 0.15) is 11.4 Å². The number of hydrogen-bond acceptors (Lipinski definition) is 4. The lowest BCUT2D eigenvalue weighted by atomic mass is 10.1. The first-order valence-corrected chi connectivity index (χ1v) is 8.60. The van der Waals surface area contributed by atoms with Crippen molar-refractivity contribution in [3.8, 4) is 17.0 Å². The molecule has 8 heteroatoms. The molecule has 2 heterocycles. The third-order valence-corrected chi connectivity index (χ3v) is 4.38. The minimum atomic E-state index is -0.236. The highest BCUT2D eigenvalue weighted by molar-refractivity contribution is 9.10. The molecule has 2 N–H and O–H groups in total. The summed E-state index contributed by atoms with van der Waals surface area (Å²) < 4.78 is 7.89. The first-order valence-electron chi connectivity index (χ1n) is 7.80. The second-order valence-electron chi connectivity index (χ2n) is 5.36. The highest BCUT2D eigenvalue weighted by atomic mass is 79.9. The summed E-state index contributed by atoms with van der Waals surface area (Å²) >= 11 is 3.45. The Hall–Kier alpha value is -2.61. The van der Waals surface area contributed by atoms with Gasteiger partial charge in [0, 0.05) is 18.3 Å². The number of nitrogens with zero attached hydrogens (tertiary/aromatic N) is 3. The van der Waals surface area contributed by atoms with Gasteiger partial charge >= 0.3 is 0 Å². The predicted molar refractivity (Wildman–Crippen MR) is 97.3 cm³/mol. The van der Waals surface area contributed by atoms with Crippen LogP contribution in [-0.4, -0.2) is 33.0 Å². The summed E-state index contributed by atoms with van der Waals surface area (Å²) in [6, 6.07) is 9.23. The lowest BCUT2D eigenvalue weighted by Gasteiger charge is -2.02. The number of halogens is 1. The topological polar surface area (TPSA) is 84.8 Å². The van der Waals surface area contributed by atoms with Gasteiger partial charge in [-0.1, -0.05) is 12.1 Å². The van der Waals surface area contributed by atoms with E-state index in [0.29, 0.717) is 17.9 Å². The van der Waals surface area contributed by atoms with E-state index < -0.39 is 0 Å². The molecule has 0 aliphatic carbocycles. The first kappa shape index (κ1) is 17.2. The lowest BCUT2D eigenvalue weighted by molar-refractivity contribution is 0.0945. The normalized spacial score (nSPS) is 10.7. The van der Waals surface area contributed by atoms with Gasteiger partial charge in [0.25, 0.3) is 5.91 Å². The quantitative estimate of drug-likeness (QED) is 0.662. The second kappa shape index (κ2) is 7.52. The van der Waals surface area contributed by atoms with Crippen LogP contribution in [0.3, 0.4) is 0 Å². The van der Waals surface area contributed by atoms with Crippen LogP contribution < -0.4 is 10.1 Å². The molecule has 0 saturated heterocycles. The van der Waals surface area contributed by atoms with Crippen molar-refractivity contribution < 1.29 is 9.53 Å². The Morgan fingerprint density at radius 2 is 2.24 bits per heavy atom. The molecule has 0 atom stereocenters. The van der Waals surface area contributed by atoms with Crippen molar-refractivity contribution in [3.63, 3.8) is 0 Å². The summed E-state index contributed by atoms with van der Waals surface area (Å²) in [5, 5.41) is 14.2. The van der Waals surface area contributed by atoms with Crippen LogP contribution in [0.1, 0.15) is 23.1 Å². The van der Waals surface area contributed by atoms with E-state index in [9.17, 15) is 4.79 Å². The Balaban J connectivity index is 1.69. The number of carbonyl (C=O) groups excluding carboxylic acids is 1. The molecule has 25 heavy (non-hydrogen) atoms. The molecule has 7 nitrogen and oxygen atoms in total. The smallest absolute Gasteiger partial charge is 0.269 e. The molecular formula is C17H18BrN5O2. The number of rotatable bonds is 6. The van der Waals surface area contributed by atoms with Gasteiger partial charge in [0.2, 0.25) is 0 Å². The fourth-order valence-corrected chi connectivity index (χ4v) is 2.80. The number of aryl methyl sites for hydroxylation is 1. The molecule has 3 aromatic rings. The van der Waals surface area contributed by atoms with E-state index in [1.54, 1.807) is 13.2 Å². The summed E-state index contributed by atoms with van der Waals surface area (Å²) in [5.41, 5.74) is 2.73. The van der Waals surface area contributed by atoms with Crippen molar-refractivity contribution in [3.05, 3.63) is 52.4 Å². The molecule has 3 rings (SSSR count).